The third kappa shape index (κ3) is 1.03. The molecular formula is C12H14O. The molecule has 0 heterocycles. The van der Waals surface area contributed by atoms with Crippen LogP contribution in [0.2, 0.25) is 0 Å². The van der Waals surface area contributed by atoms with Gasteiger partial charge in [-0.1, -0.05) is 18.2 Å². The zero-order chi connectivity index (χ0) is 9.64. The average molecular weight is 174 g/mol. The second kappa shape index (κ2) is 2.44. The Labute approximate surface area is 78.8 Å². The predicted octanol–water partition coefficient (Wildman–Crippen LogP) is 2.40. The Bertz CT molecular complexity index is 375. The first-order valence-electron chi connectivity index (χ1n) is 4.66. The summed E-state index contributed by atoms with van der Waals surface area (Å²) in [5, 5.41) is 0. The molecular weight excluding hydrogens is 160 g/mol. The van der Waals surface area contributed by atoms with E-state index in [0.717, 1.165) is 0 Å². The molecule has 2 rings (SSSR count). The van der Waals surface area contributed by atoms with Gasteiger partial charge in [0.25, 0.3) is 0 Å². The number of carbonyl (C=O) groups is 1. The summed E-state index contributed by atoms with van der Waals surface area (Å²) in [5.41, 5.74) is 3.45. The van der Waals surface area contributed by atoms with Gasteiger partial charge in [0.15, 0.2) is 0 Å². The Kier molecular flexibility index (Phi) is 1.59. The third-order valence-corrected chi connectivity index (χ3v) is 3.03. The normalized spacial score (nSPS) is 18.8. The Hall–Kier alpha value is -1.11. The highest BCUT2D eigenvalue weighted by molar-refractivity contribution is 5.96. The van der Waals surface area contributed by atoms with E-state index in [-0.39, 0.29) is 5.41 Å². The van der Waals surface area contributed by atoms with E-state index < -0.39 is 0 Å². The molecule has 0 atom stereocenters. The summed E-state index contributed by atoms with van der Waals surface area (Å²) in [6.45, 7) is 6.13. The van der Waals surface area contributed by atoms with E-state index in [2.05, 4.69) is 19.1 Å². The molecule has 0 aromatic heterocycles. The Balaban J connectivity index is 2.70. The lowest BCUT2D eigenvalue weighted by molar-refractivity contribution is -0.121. The smallest absolute Gasteiger partial charge is 0.147 e. The maximum absolute atomic E-state index is 11.7. The van der Waals surface area contributed by atoms with Crippen molar-refractivity contribution in [2.75, 3.05) is 0 Å². The molecule has 0 unspecified atom stereocenters. The lowest BCUT2D eigenvalue weighted by Gasteiger charge is -2.19. The summed E-state index contributed by atoms with van der Waals surface area (Å²) >= 11 is 0. The Morgan fingerprint density at radius 2 is 2.00 bits per heavy atom. The molecule has 1 aromatic carbocycles. The minimum absolute atomic E-state index is 0.263. The number of benzene rings is 1. The number of aryl methyl sites for hydroxylation is 1. The van der Waals surface area contributed by atoms with E-state index in [4.69, 9.17) is 0 Å². The number of hydrogen-bond acceptors (Lipinski definition) is 1. The minimum Gasteiger partial charge on any atom is -0.298 e. The SMILES string of the molecule is Cc1cccc2c1C(C)(C)C(=O)C2. The molecule has 1 nitrogen and oxygen atoms in total. The lowest BCUT2D eigenvalue weighted by atomic mass is 9.83. The van der Waals surface area contributed by atoms with Crippen molar-refractivity contribution in [3.63, 3.8) is 0 Å². The van der Waals surface area contributed by atoms with Gasteiger partial charge in [-0.3, -0.25) is 4.79 Å². The maximum Gasteiger partial charge on any atom is 0.147 e. The zero-order valence-corrected chi connectivity index (χ0v) is 8.35. The van der Waals surface area contributed by atoms with Gasteiger partial charge in [-0.15, -0.1) is 0 Å². The molecule has 68 valence electrons. The van der Waals surface area contributed by atoms with Gasteiger partial charge in [0.1, 0.15) is 5.78 Å². The van der Waals surface area contributed by atoms with Gasteiger partial charge in [-0.2, -0.15) is 0 Å². The monoisotopic (exact) mass is 174 g/mol. The average Bonchev–Trinajstić information content (AvgIpc) is 2.24. The fraction of sp³-hybridized carbons (Fsp3) is 0.417. The van der Waals surface area contributed by atoms with Gasteiger partial charge in [0.05, 0.1) is 0 Å². The molecule has 1 aromatic rings. The first kappa shape index (κ1) is 8.49. The van der Waals surface area contributed by atoms with Crippen molar-refractivity contribution in [1.82, 2.24) is 0 Å². The van der Waals surface area contributed by atoms with Crippen LogP contribution in [0.5, 0.6) is 0 Å². The van der Waals surface area contributed by atoms with Gasteiger partial charge in [-0.25, -0.2) is 0 Å². The van der Waals surface area contributed by atoms with E-state index in [1.165, 1.54) is 16.7 Å². The highest BCUT2D eigenvalue weighted by atomic mass is 16.1. The quantitative estimate of drug-likeness (QED) is 0.590. The van der Waals surface area contributed by atoms with Gasteiger partial charge in [0.2, 0.25) is 0 Å². The van der Waals surface area contributed by atoms with Crippen molar-refractivity contribution >= 4 is 5.78 Å². The third-order valence-electron chi connectivity index (χ3n) is 3.03. The van der Waals surface area contributed by atoms with E-state index in [9.17, 15) is 4.79 Å². The summed E-state index contributed by atoms with van der Waals surface area (Å²) in [4.78, 5) is 11.7. The van der Waals surface area contributed by atoms with Crippen LogP contribution < -0.4 is 0 Å². The van der Waals surface area contributed by atoms with Crippen molar-refractivity contribution in [3.05, 3.63) is 34.9 Å². The molecule has 1 heteroatoms. The minimum atomic E-state index is -0.263. The first-order valence-corrected chi connectivity index (χ1v) is 4.66. The van der Waals surface area contributed by atoms with Gasteiger partial charge in [-0.05, 0) is 37.5 Å². The van der Waals surface area contributed by atoms with Crippen molar-refractivity contribution in [2.45, 2.75) is 32.6 Å². The fourth-order valence-electron chi connectivity index (χ4n) is 2.30. The second-order valence-corrected chi connectivity index (χ2v) is 4.33. The molecule has 0 radical (unpaired) electrons. The van der Waals surface area contributed by atoms with Crippen LogP contribution >= 0.6 is 0 Å². The standard InChI is InChI=1S/C12H14O/c1-8-5-4-6-9-7-10(13)12(2,3)11(8)9/h4-6H,7H2,1-3H3. The van der Waals surface area contributed by atoms with Crippen molar-refractivity contribution in [3.8, 4) is 0 Å². The first-order chi connectivity index (χ1) is 6.03. The highest BCUT2D eigenvalue weighted by Crippen LogP contribution is 2.37. The Morgan fingerprint density at radius 1 is 1.31 bits per heavy atom. The van der Waals surface area contributed by atoms with Crippen LogP contribution in [0.1, 0.15) is 30.5 Å². The van der Waals surface area contributed by atoms with Crippen LogP contribution in [0.15, 0.2) is 18.2 Å². The molecule has 13 heavy (non-hydrogen) atoms. The molecule has 1 aliphatic carbocycles. The van der Waals surface area contributed by atoms with Crippen molar-refractivity contribution in [1.29, 1.82) is 0 Å². The summed E-state index contributed by atoms with van der Waals surface area (Å²) in [6.07, 6.45) is 0.615. The molecule has 0 saturated heterocycles. The number of fused-ring (bicyclic) bond motifs is 1. The summed E-state index contributed by atoms with van der Waals surface area (Å²) < 4.78 is 0. The number of rotatable bonds is 0. The fourth-order valence-corrected chi connectivity index (χ4v) is 2.30. The molecule has 0 spiro atoms. The van der Waals surface area contributed by atoms with Crippen LogP contribution in [-0.4, -0.2) is 5.78 Å². The summed E-state index contributed by atoms with van der Waals surface area (Å²) in [5.74, 6) is 0.344. The molecule has 1 aliphatic rings. The second-order valence-electron chi connectivity index (χ2n) is 4.33. The van der Waals surface area contributed by atoms with Crippen LogP contribution in [-0.2, 0) is 16.6 Å². The van der Waals surface area contributed by atoms with Crippen molar-refractivity contribution in [2.24, 2.45) is 0 Å². The molecule has 0 saturated carbocycles. The molecule has 0 bridgehead atoms. The van der Waals surface area contributed by atoms with Crippen LogP contribution in [0.4, 0.5) is 0 Å². The van der Waals surface area contributed by atoms with Gasteiger partial charge >= 0.3 is 0 Å². The summed E-state index contributed by atoms with van der Waals surface area (Å²) in [6, 6.07) is 6.18. The molecule has 0 aliphatic heterocycles. The lowest BCUT2D eigenvalue weighted by Crippen LogP contribution is -2.24. The van der Waals surface area contributed by atoms with Crippen LogP contribution in [0, 0.1) is 6.92 Å². The number of ketones is 1. The Morgan fingerprint density at radius 3 is 2.62 bits per heavy atom. The van der Waals surface area contributed by atoms with E-state index in [0.29, 0.717) is 12.2 Å². The highest BCUT2D eigenvalue weighted by Gasteiger charge is 2.38. The number of carbonyl (C=O) groups excluding carboxylic acids is 1. The van der Waals surface area contributed by atoms with Gasteiger partial charge in [0, 0.05) is 11.8 Å². The van der Waals surface area contributed by atoms with E-state index >= 15 is 0 Å². The van der Waals surface area contributed by atoms with Crippen molar-refractivity contribution < 1.29 is 4.79 Å². The number of hydrogen-bond donors (Lipinski definition) is 0. The largest absolute Gasteiger partial charge is 0.298 e. The maximum atomic E-state index is 11.7. The van der Waals surface area contributed by atoms with E-state index in [1.54, 1.807) is 0 Å². The predicted molar refractivity (Wildman–Crippen MR) is 52.9 cm³/mol. The van der Waals surface area contributed by atoms with Crippen LogP contribution in [0.25, 0.3) is 0 Å². The van der Waals surface area contributed by atoms with Crippen LogP contribution in [0.3, 0.4) is 0 Å². The molecule has 0 amide bonds. The molecule has 0 fully saturated rings. The molecule has 0 N–H and O–H groups in total. The van der Waals surface area contributed by atoms with Gasteiger partial charge < -0.3 is 0 Å². The zero-order valence-electron chi connectivity index (χ0n) is 8.35. The topological polar surface area (TPSA) is 17.1 Å². The summed E-state index contributed by atoms with van der Waals surface area (Å²) in [7, 11) is 0. The van der Waals surface area contributed by atoms with E-state index in [1.807, 2.05) is 19.9 Å². The number of Topliss-reactive ketones (excluding diaryl/α,β-unsaturated/α-hetero) is 1.